The van der Waals surface area contributed by atoms with E-state index >= 15 is 0 Å². The molecule has 0 bridgehead atoms. The largest absolute Gasteiger partial charge is 0.444 e. The van der Waals surface area contributed by atoms with Gasteiger partial charge in [-0.3, -0.25) is 0 Å². The topological polar surface area (TPSA) is 41.6 Å². The number of ether oxygens (including phenoxy) is 1. The summed E-state index contributed by atoms with van der Waals surface area (Å²) in [6.45, 7) is 8.55. The Morgan fingerprint density at radius 3 is 2.74 bits per heavy atom. The van der Waals surface area contributed by atoms with Crippen LogP contribution in [0.2, 0.25) is 0 Å². The Labute approximate surface area is 164 Å². The fourth-order valence-electron chi connectivity index (χ4n) is 5.32. The SMILES string of the molecule is CC(C)(C)OC(=O)N1CCC(CNC2CC23CCCC2=CCCC=C23)CC1. The third-order valence-corrected chi connectivity index (χ3v) is 6.85. The lowest BCUT2D eigenvalue weighted by atomic mass is 9.75. The molecular formula is C23H36N2O2. The van der Waals surface area contributed by atoms with E-state index in [0.717, 1.165) is 32.5 Å². The van der Waals surface area contributed by atoms with Gasteiger partial charge in [-0.25, -0.2) is 4.79 Å². The number of nitrogens with zero attached hydrogens (tertiary/aromatic N) is 1. The highest BCUT2D eigenvalue weighted by Gasteiger charge is 2.57. The highest BCUT2D eigenvalue weighted by Crippen LogP contribution is 2.61. The summed E-state index contributed by atoms with van der Waals surface area (Å²) < 4.78 is 5.51. The van der Waals surface area contributed by atoms with Crippen molar-refractivity contribution >= 4 is 6.09 Å². The van der Waals surface area contributed by atoms with E-state index in [-0.39, 0.29) is 6.09 Å². The van der Waals surface area contributed by atoms with Crippen molar-refractivity contribution in [2.24, 2.45) is 11.3 Å². The van der Waals surface area contributed by atoms with Gasteiger partial charge in [0.25, 0.3) is 0 Å². The summed E-state index contributed by atoms with van der Waals surface area (Å²) in [5, 5.41) is 3.90. The van der Waals surface area contributed by atoms with Crippen molar-refractivity contribution in [3.05, 3.63) is 23.3 Å². The first-order valence-corrected chi connectivity index (χ1v) is 11.0. The van der Waals surface area contributed by atoms with Gasteiger partial charge in [0, 0.05) is 24.5 Å². The van der Waals surface area contributed by atoms with Gasteiger partial charge in [0.1, 0.15) is 5.60 Å². The Morgan fingerprint density at radius 1 is 1.26 bits per heavy atom. The van der Waals surface area contributed by atoms with Crippen LogP contribution < -0.4 is 5.32 Å². The number of fused-ring (bicyclic) bond motifs is 2. The summed E-state index contributed by atoms with van der Waals surface area (Å²) in [5.74, 6) is 0.681. The van der Waals surface area contributed by atoms with Crippen LogP contribution in [0.25, 0.3) is 0 Å². The number of hydrogen-bond acceptors (Lipinski definition) is 3. The summed E-state index contributed by atoms with van der Waals surface area (Å²) >= 11 is 0. The van der Waals surface area contributed by atoms with Gasteiger partial charge in [-0.2, -0.15) is 0 Å². The number of carbonyl (C=O) groups is 1. The number of nitrogens with one attached hydrogen (secondary N) is 1. The molecule has 0 aromatic heterocycles. The van der Waals surface area contributed by atoms with Gasteiger partial charge in [0.2, 0.25) is 0 Å². The average Bonchev–Trinajstić information content (AvgIpc) is 3.32. The van der Waals surface area contributed by atoms with Gasteiger partial charge in [-0.15, -0.1) is 0 Å². The number of hydrogen-bond donors (Lipinski definition) is 1. The lowest BCUT2D eigenvalue weighted by Crippen LogP contribution is -2.43. The molecule has 3 fully saturated rings. The molecule has 0 aromatic carbocycles. The molecule has 4 nitrogen and oxygen atoms in total. The van der Waals surface area contributed by atoms with E-state index in [0.29, 0.717) is 17.4 Å². The van der Waals surface area contributed by atoms with Crippen molar-refractivity contribution in [1.82, 2.24) is 10.2 Å². The second-order valence-electron chi connectivity index (χ2n) is 10.0. The van der Waals surface area contributed by atoms with Gasteiger partial charge >= 0.3 is 6.09 Å². The Morgan fingerprint density at radius 2 is 2.00 bits per heavy atom. The number of likely N-dealkylation sites (tertiary alicyclic amines) is 1. The Bertz CT molecular complexity index is 637. The Balaban J connectivity index is 1.23. The summed E-state index contributed by atoms with van der Waals surface area (Å²) in [6.07, 6.45) is 14.9. The van der Waals surface area contributed by atoms with E-state index < -0.39 is 5.60 Å². The van der Waals surface area contributed by atoms with Crippen LogP contribution in [0.4, 0.5) is 4.79 Å². The Kier molecular flexibility index (Phi) is 5.13. The molecule has 3 aliphatic carbocycles. The van der Waals surface area contributed by atoms with E-state index in [1.54, 1.807) is 11.1 Å². The third-order valence-electron chi connectivity index (χ3n) is 6.85. The smallest absolute Gasteiger partial charge is 0.410 e. The van der Waals surface area contributed by atoms with Crippen molar-refractivity contribution in [3.63, 3.8) is 0 Å². The van der Waals surface area contributed by atoms with Crippen LogP contribution in [0, 0.1) is 11.3 Å². The molecule has 1 heterocycles. The molecule has 2 saturated carbocycles. The fourth-order valence-corrected chi connectivity index (χ4v) is 5.32. The summed E-state index contributed by atoms with van der Waals surface area (Å²) in [4.78, 5) is 14.1. The first-order chi connectivity index (χ1) is 12.9. The molecule has 4 heteroatoms. The van der Waals surface area contributed by atoms with Crippen molar-refractivity contribution in [2.45, 2.75) is 83.8 Å². The minimum absolute atomic E-state index is 0.152. The number of piperidine rings is 1. The molecule has 2 atom stereocenters. The van der Waals surface area contributed by atoms with Crippen LogP contribution in [0.15, 0.2) is 23.3 Å². The first kappa shape index (κ1) is 19.0. The predicted octanol–water partition coefficient (Wildman–Crippen LogP) is 4.81. The Hall–Kier alpha value is -1.29. The molecule has 27 heavy (non-hydrogen) atoms. The number of allylic oxidation sites excluding steroid dienone is 3. The van der Waals surface area contributed by atoms with Gasteiger partial charge < -0.3 is 15.0 Å². The van der Waals surface area contributed by atoms with Crippen molar-refractivity contribution in [3.8, 4) is 0 Å². The minimum atomic E-state index is -0.406. The second-order valence-corrected chi connectivity index (χ2v) is 10.0. The van der Waals surface area contributed by atoms with Gasteiger partial charge in [-0.1, -0.05) is 12.2 Å². The number of carbonyl (C=O) groups excluding carboxylic acids is 1. The van der Waals surface area contributed by atoms with Crippen LogP contribution in [0.5, 0.6) is 0 Å². The van der Waals surface area contributed by atoms with E-state index in [4.69, 9.17) is 4.74 Å². The molecule has 4 aliphatic rings. The highest BCUT2D eigenvalue weighted by molar-refractivity contribution is 5.68. The van der Waals surface area contributed by atoms with E-state index in [1.807, 2.05) is 25.7 Å². The zero-order valence-electron chi connectivity index (χ0n) is 17.4. The first-order valence-electron chi connectivity index (χ1n) is 11.0. The molecular weight excluding hydrogens is 336 g/mol. The zero-order valence-corrected chi connectivity index (χ0v) is 17.4. The van der Waals surface area contributed by atoms with Crippen LogP contribution in [-0.4, -0.2) is 42.3 Å². The molecule has 150 valence electrons. The van der Waals surface area contributed by atoms with E-state index in [9.17, 15) is 4.79 Å². The van der Waals surface area contributed by atoms with Crippen LogP contribution in [0.1, 0.15) is 72.1 Å². The van der Waals surface area contributed by atoms with Crippen molar-refractivity contribution in [1.29, 1.82) is 0 Å². The van der Waals surface area contributed by atoms with Crippen LogP contribution in [0.3, 0.4) is 0 Å². The molecule has 0 aromatic rings. The maximum Gasteiger partial charge on any atom is 0.410 e. The van der Waals surface area contributed by atoms with Crippen molar-refractivity contribution < 1.29 is 9.53 Å². The summed E-state index contributed by atoms with van der Waals surface area (Å²) in [6, 6.07) is 0.675. The third kappa shape index (κ3) is 4.11. The summed E-state index contributed by atoms with van der Waals surface area (Å²) in [5.41, 5.74) is 3.40. The van der Waals surface area contributed by atoms with Gasteiger partial charge in [-0.05, 0) is 95.7 Å². The molecule has 1 amide bonds. The monoisotopic (exact) mass is 372 g/mol. The molecule has 1 spiro atoms. The van der Waals surface area contributed by atoms with E-state index in [2.05, 4.69) is 17.5 Å². The second kappa shape index (κ2) is 7.27. The molecule has 1 N–H and O–H groups in total. The molecule has 0 radical (unpaired) electrons. The molecule has 2 unspecified atom stereocenters. The van der Waals surface area contributed by atoms with E-state index in [1.165, 1.54) is 38.5 Å². The standard InChI is InChI=1S/C23H36N2O2/c1-22(2,3)27-21(26)25-13-10-17(11-14-25)16-24-20-15-23(20)12-6-8-18-7-4-5-9-19(18)23/h7,9,17,20,24H,4-6,8,10-16H2,1-3H3. The fraction of sp³-hybridized carbons (Fsp3) is 0.783. The quantitative estimate of drug-likeness (QED) is 0.773. The van der Waals surface area contributed by atoms with Crippen molar-refractivity contribution in [2.75, 3.05) is 19.6 Å². The maximum atomic E-state index is 12.2. The summed E-state index contributed by atoms with van der Waals surface area (Å²) in [7, 11) is 0. The lowest BCUT2D eigenvalue weighted by Gasteiger charge is -2.34. The van der Waals surface area contributed by atoms with Crippen LogP contribution >= 0.6 is 0 Å². The molecule has 1 saturated heterocycles. The minimum Gasteiger partial charge on any atom is -0.444 e. The molecule has 4 rings (SSSR count). The van der Waals surface area contributed by atoms with Gasteiger partial charge in [0.05, 0.1) is 0 Å². The number of amides is 1. The zero-order chi connectivity index (χ0) is 19.1. The normalized spacial score (nSPS) is 31.2. The number of rotatable bonds is 3. The molecule has 1 aliphatic heterocycles. The predicted molar refractivity (Wildman–Crippen MR) is 109 cm³/mol. The van der Waals surface area contributed by atoms with Crippen LogP contribution in [-0.2, 0) is 4.74 Å². The highest BCUT2D eigenvalue weighted by atomic mass is 16.6. The maximum absolute atomic E-state index is 12.2. The average molecular weight is 373 g/mol. The lowest BCUT2D eigenvalue weighted by molar-refractivity contribution is 0.0184. The van der Waals surface area contributed by atoms with Gasteiger partial charge in [0.15, 0.2) is 0 Å².